The molecular weight excluding hydrogens is 210 g/mol. The van der Waals surface area contributed by atoms with Gasteiger partial charge in [-0.3, -0.25) is 0 Å². The molecule has 0 N–H and O–H groups in total. The van der Waals surface area contributed by atoms with Crippen molar-refractivity contribution in [3.05, 3.63) is 11.3 Å². The Balaban J connectivity index is 4.44. The van der Waals surface area contributed by atoms with E-state index >= 15 is 0 Å². The molecule has 0 aliphatic rings. The van der Waals surface area contributed by atoms with Crippen LogP contribution in [0.5, 0.6) is 0 Å². The maximum atomic E-state index is 2.72. The highest BCUT2D eigenvalue weighted by Crippen LogP contribution is 2.12. The number of nitrogens with zero attached hydrogens (tertiary/aromatic N) is 1. The molecule has 16 heavy (non-hydrogen) atoms. The third-order valence-corrected chi connectivity index (χ3v) is 5.88. The zero-order chi connectivity index (χ0) is 12.6. The number of unbranched alkanes of at least 4 members (excludes halogenated alkanes) is 1. The van der Waals surface area contributed by atoms with Gasteiger partial charge in [0.1, 0.15) is 9.68 Å². The first kappa shape index (κ1) is 15.9. The molecule has 0 saturated heterocycles. The minimum Gasteiger partial charge on any atom is -0.321 e. The van der Waals surface area contributed by atoms with Gasteiger partial charge < -0.3 is 4.57 Å². The molecule has 1 nitrogen and oxygen atoms in total. The lowest BCUT2D eigenvalue weighted by Crippen LogP contribution is -2.40. The predicted octanol–water partition coefficient (Wildman–Crippen LogP) is 3.67. The molecule has 0 aliphatic heterocycles. The van der Waals surface area contributed by atoms with Crippen molar-refractivity contribution in [3.63, 3.8) is 0 Å². The molecule has 0 aromatic carbocycles. The highest BCUT2D eigenvalue weighted by atomic mass is 28.2. The number of allylic oxidation sites excluding steroid dienone is 2. The van der Waals surface area contributed by atoms with E-state index in [1.165, 1.54) is 25.7 Å². The van der Waals surface area contributed by atoms with Gasteiger partial charge in [0, 0.05) is 0 Å². The molecule has 0 spiro atoms. The van der Waals surface area contributed by atoms with E-state index in [9.17, 15) is 0 Å². The van der Waals surface area contributed by atoms with Gasteiger partial charge in [-0.2, -0.15) is 0 Å². The van der Waals surface area contributed by atoms with Gasteiger partial charge in [-0.15, -0.1) is 0 Å². The van der Waals surface area contributed by atoms with Crippen molar-refractivity contribution >= 4 is 9.68 Å². The molecule has 0 bridgehead atoms. The van der Waals surface area contributed by atoms with Crippen molar-refractivity contribution in [2.75, 3.05) is 0 Å². The maximum absolute atomic E-state index is 2.72. The number of hydrogen-bond donors (Lipinski definition) is 0. The molecule has 0 atom stereocenters. The van der Waals surface area contributed by atoms with E-state index in [2.05, 4.69) is 52.2 Å². The summed E-state index contributed by atoms with van der Waals surface area (Å²) in [6, 6.07) is 1.40. The summed E-state index contributed by atoms with van der Waals surface area (Å²) in [7, 11) is -0.193. The van der Waals surface area contributed by atoms with Crippen LogP contribution in [0.2, 0.25) is 0 Å². The second kappa shape index (κ2) is 9.00. The zero-order valence-electron chi connectivity index (χ0n) is 12.2. The summed E-state index contributed by atoms with van der Waals surface area (Å²) in [5, 5.41) is 1.77. The monoisotopic (exact) mass is 241 g/mol. The molecular formula is C14H31NSi. The minimum atomic E-state index is -0.193. The van der Waals surface area contributed by atoms with Crippen LogP contribution < -0.4 is 0 Å². The third kappa shape index (κ3) is 6.49. The van der Waals surface area contributed by atoms with Gasteiger partial charge in [-0.1, -0.05) is 65.7 Å². The lowest BCUT2D eigenvalue weighted by Gasteiger charge is -2.31. The minimum absolute atomic E-state index is 0.193. The van der Waals surface area contributed by atoms with Gasteiger partial charge >= 0.3 is 0 Å². The molecule has 2 heteroatoms. The molecule has 0 amide bonds. The van der Waals surface area contributed by atoms with Crippen molar-refractivity contribution in [3.8, 4) is 0 Å². The first-order valence-corrected chi connectivity index (χ1v) is 8.30. The molecule has 0 fully saturated rings. The summed E-state index contributed by atoms with van der Waals surface area (Å²) in [4.78, 5) is 0. The largest absolute Gasteiger partial charge is 0.321 e. The fourth-order valence-corrected chi connectivity index (χ4v) is 4.16. The molecule has 0 heterocycles. The van der Waals surface area contributed by atoms with Crippen molar-refractivity contribution in [2.24, 2.45) is 0 Å². The highest BCUT2D eigenvalue weighted by molar-refractivity contribution is 6.42. The van der Waals surface area contributed by atoms with Crippen LogP contribution in [0, 0.1) is 0 Å². The van der Waals surface area contributed by atoms with Gasteiger partial charge in [0.25, 0.3) is 0 Å². The lowest BCUT2D eigenvalue weighted by molar-refractivity contribution is 0.313. The van der Waals surface area contributed by atoms with E-state index in [4.69, 9.17) is 0 Å². The Morgan fingerprint density at radius 1 is 1.06 bits per heavy atom. The fourth-order valence-electron chi connectivity index (χ4n) is 2.11. The van der Waals surface area contributed by atoms with Crippen LogP contribution in [0.1, 0.15) is 67.2 Å². The average molecular weight is 241 g/mol. The van der Waals surface area contributed by atoms with E-state index in [0.717, 1.165) is 0 Å². The lowest BCUT2D eigenvalue weighted by atomic mass is 10.2. The summed E-state index contributed by atoms with van der Waals surface area (Å²) >= 11 is 0. The highest BCUT2D eigenvalue weighted by Gasteiger charge is 2.14. The number of rotatable bonds is 8. The molecule has 0 aromatic rings. The number of hydrogen-bond acceptors (Lipinski definition) is 1. The zero-order valence-corrected chi connectivity index (χ0v) is 13.6. The van der Waals surface area contributed by atoms with Crippen LogP contribution in [0.3, 0.4) is 0 Å². The molecule has 0 unspecified atom stereocenters. The van der Waals surface area contributed by atoms with Gasteiger partial charge in [-0.05, 0) is 24.9 Å². The average Bonchev–Trinajstić information content (AvgIpc) is 2.21. The Bertz CT molecular complexity index is 189. The van der Waals surface area contributed by atoms with E-state index in [0.29, 0.717) is 12.1 Å². The third-order valence-electron chi connectivity index (χ3n) is 3.01. The second-order valence-electron chi connectivity index (χ2n) is 5.26. The van der Waals surface area contributed by atoms with Crippen molar-refractivity contribution in [1.82, 2.24) is 4.57 Å². The summed E-state index contributed by atoms with van der Waals surface area (Å²) in [5.41, 5.74) is 0. The summed E-state index contributed by atoms with van der Waals surface area (Å²) in [6.07, 6.45) is 7.69. The Hall–Kier alpha value is -0.0831. The fraction of sp³-hybridized carbons (Fsp3) is 0.857. The molecule has 0 aliphatic carbocycles. The van der Waals surface area contributed by atoms with Gasteiger partial charge in [0.2, 0.25) is 0 Å². The normalized spacial score (nSPS) is 13.9. The first-order chi connectivity index (χ1) is 7.52. The Labute approximate surface area is 105 Å². The molecule has 96 valence electrons. The van der Waals surface area contributed by atoms with Gasteiger partial charge in [-0.25, -0.2) is 0 Å². The van der Waals surface area contributed by atoms with E-state index in [-0.39, 0.29) is 9.68 Å². The first-order valence-electron chi connectivity index (χ1n) is 6.96. The smallest absolute Gasteiger partial charge is 0.123 e. The van der Waals surface area contributed by atoms with E-state index < -0.39 is 0 Å². The van der Waals surface area contributed by atoms with E-state index in [1.54, 1.807) is 5.20 Å². The van der Waals surface area contributed by atoms with Crippen LogP contribution in [-0.2, 0) is 0 Å². The summed E-state index contributed by atoms with van der Waals surface area (Å²) in [6.45, 7) is 13.9. The van der Waals surface area contributed by atoms with Crippen LogP contribution in [0.15, 0.2) is 11.3 Å². The topological polar surface area (TPSA) is 3.24 Å². The molecule has 0 rings (SSSR count). The molecule has 0 aromatic heterocycles. The standard InChI is InChI=1S/C14H31NSi/c1-7-9-11-14(10-8-2)16-15(12(3)4)13(5)6/h11-13H,7-10,16H2,1-6H3. The Morgan fingerprint density at radius 3 is 2.00 bits per heavy atom. The van der Waals surface area contributed by atoms with Crippen molar-refractivity contribution < 1.29 is 0 Å². The molecule has 0 radical (unpaired) electrons. The summed E-state index contributed by atoms with van der Waals surface area (Å²) < 4.78 is 2.72. The molecule has 0 saturated carbocycles. The van der Waals surface area contributed by atoms with Gasteiger partial charge in [0.15, 0.2) is 0 Å². The van der Waals surface area contributed by atoms with Crippen LogP contribution in [-0.4, -0.2) is 26.3 Å². The van der Waals surface area contributed by atoms with Crippen LogP contribution >= 0.6 is 0 Å². The predicted molar refractivity (Wildman–Crippen MR) is 78.6 cm³/mol. The van der Waals surface area contributed by atoms with Crippen molar-refractivity contribution in [2.45, 2.75) is 79.3 Å². The quantitative estimate of drug-likeness (QED) is 0.586. The second-order valence-corrected chi connectivity index (χ2v) is 7.22. The van der Waals surface area contributed by atoms with Crippen LogP contribution in [0.4, 0.5) is 0 Å². The summed E-state index contributed by atoms with van der Waals surface area (Å²) in [5.74, 6) is 0. The van der Waals surface area contributed by atoms with Crippen molar-refractivity contribution in [1.29, 1.82) is 0 Å². The maximum Gasteiger partial charge on any atom is 0.123 e. The SMILES string of the molecule is CCCC=C(CCC)[SiH2]N(C(C)C)C(C)C. The Kier molecular flexibility index (Phi) is 8.95. The van der Waals surface area contributed by atoms with Gasteiger partial charge in [0.05, 0.1) is 0 Å². The Morgan fingerprint density at radius 2 is 1.62 bits per heavy atom. The van der Waals surface area contributed by atoms with E-state index in [1.807, 2.05) is 0 Å². The van der Waals surface area contributed by atoms with Crippen LogP contribution in [0.25, 0.3) is 0 Å².